The van der Waals surface area contributed by atoms with Gasteiger partial charge in [-0.25, -0.2) is 9.78 Å². The Morgan fingerprint density at radius 3 is 2.58 bits per heavy atom. The van der Waals surface area contributed by atoms with Gasteiger partial charge in [-0.15, -0.1) is 0 Å². The molecule has 5 heterocycles. The van der Waals surface area contributed by atoms with Crippen LogP contribution in [0.15, 0.2) is 47.3 Å². The maximum absolute atomic E-state index is 13.7. The van der Waals surface area contributed by atoms with Crippen LogP contribution in [0.1, 0.15) is 30.0 Å². The number of nitrogens with two attached hydrogens (primary N) is 1. The number of hydrogen-bond acceptors (Lipinski definition) is 9. The monoisotopic (exact) mass is 540 g/mol. The van der Waals surface area contributed by atoms with Gasteiger partial charge in [0, 0.05) is 28.3 Å². The maximum atomic E-state index is 13.7. The summed E-state index contributed by atoms with van der Waals surface area (Å²) in [4.78, 5) is 43.0. The quantitative estimate of drug-likeness (QED) is 0.291. The van der Waals surface area contributed by atoms with Gasteiger partial charge in [0.05, 0.1) is 35.6 Å². The fourth-order valence-electron chi connectivity index (χ4n) is 5.73. The molecule has 3 aliphatic rings. The molecule has 2 aromatic carbocycles. The highest BCUT2D eigenvalue weighted by Gasteiger charge is 2.45. The Hall–Kier alpha value is -4.74. The zero-order valence-corrected chi connectivity index (χ0v) is 21.4. The van der Waals surface area contributed by atoms with Crippen LogP contribution in [0.2, 0.25) is 0 Å². The Labute approximate surface area is 227 Å². The lowest BCUT2D eigenvalue weighted by molar-refractivity contribution is -0.172. The molecule has 40 heavy (non-hydrogen) atoms. The summed E-state index contributed by atoms with van der Waals surface area (Å²) in [7, 11) is 0. The van der Waals surface area contributed by atoms with Gasteiger partial charge in [0.2, 0.25) is 12.7 Å². The number of cyclic esters (lactones) is 1. The van der Waals surface area contributed by atoms with Crippen LogP contribution in [0, 0.1) is 0 Å². The molecule has 0 fully saturated rings. The largest absolute Gasteiger partial charge is 0.458 e. The molecule has 11 nitrogen and oxygen atoms in total. The van der Waals surface area contributed by atoms with E-state index in [1.165, 1.54) is 0 Å². The van der Waals surface area contributed by atoms with Crippen molar-refractivity contribution < 1.29 is 28.9 Å². The molecule has 202 valence electrons. The Morgan fingerprint density at radius 1 is 1.10 bits per heavy atom. The normalized spacial score (nSPS) is 18.2. The number of amides is 1. The van der Waals surface area contributed by atoms with Crippen LogP contribution in [0.5, 0.6) is 11.5 Å². The van der Waals surface area contributed by atoms with Crippen molar-refractivity contribution in [1.82, 2.24) is 9.55 Å². The van der Waals surface area contributed by atoms with Gasteiger partial charge >= 0.3 is 5.97 Å². The van der Waals surface area contributed by atoms with Gasteiger partial charge in [0.15, 0.2) is 17.1 Å². The molecule has 0 radical (unpaired) electrons. The van der Waals surface area contributed by atoms with Gasteiger partial charge in [-0.05, 0) is 41.8 Å². The molecule has 0 saturated heterocycles. The van der Waals surface area contributed by atoms with E-state index in [1.807, 2.05) is 18.2 Å². The van der Waals surface area contributed by atoms with Gasteiger partial charge in [0.1, 0.15) is 6.61 Å². The summed E-state index contributed by atoms with van der Waals surface area (Å²) in [6.45, 7) is 1.67. The van der Waals surface area contributed by atoms with E-state index in [-0.39, 0.29) is 55.5 Å². The Bertz CT molecular complexity index is 1830. The van der Waals surface area contributed by atoms with Crippen molar-refractivity contribution >= 4 is 28.5 Å². The molecule has 0 bridgehead atoms. The van der Waals surface area contributed by atoms with Gasteiger partial charge < -0.3 is 34.9 Å². The highest BCUT2D eigenvalue weighted by molar-refractivity contribution is 6.02. The third-order valence-corrected chi connectivity index (χ3v) is 7.82. The first-order chi connectivity index (χ1) is 19.3. The third-order valence-electron chi connectivity index (χ3n) is 7.82. The Morgan fingerprint density at radius 2 is 1.85 bits per heavy atom. The highest BCUT2D eigenvalue weighted by atomic mass is 16.7. The lowest BCUT2D eigenvalue weighted by atomic mass is 9.86. The first-order valence-corrected chi connectivity index (χ1v) is 12.9. The van der Waals surface area contributed by atoms with E-state index in [0.29, 0.717) is 34.1 Å². The smallest absolute Gasteiger partial charge is 0.343 e. The summed E-state index contributed by atoms with van der Waals surface area (Å²) in [5.41, 5.74) is 8.47. The van der Waals surface area contributed by atoms with E-state index in [2.05, 4.69) is 5.32 Å². The number of ether oxygens (including phenoxy) is 3. The van der Waals surface area contributed by atoms with Crippen molar-refractivity contribution in [3.05, 3.63) is 69.5 Å². The van der Waals surface area contributed by atoms with E-state index >= 15 is 0 Å². The highest BCUT2D eigenvalue weighted by Crippen LogP contribution is 2.46. The van der Waals surface area contributed by atoms with Crippen molar-refractivity contribution in [3.8, 4) is 34.0 Å². The SMILES string of the molecule is CCC1(O)C(=O)OCc2c1cc1n(c2=O)Cc2c-1nc1cc3c(cc1c2-c1ccc(NC(=O)CN)cc1)OCO3. The zero-order chi connectivity index (χ0) is 27.8. The summed E-state index contributed by atoms with van der Waals surface area (Å²) in [5.74, 6) is 0.0829. The predicted molar refractivity (Wildman–Crippen MR) is 144 cm³/mol. The Kier molecular flexibility index (Phi) is 5.25. The zero-order valence-electron chi connectivity index (χ0n) is 21.4. The molecule has 1 amide bonds. The van der Waals surface area contributed by atoms with Crippen LogP contribution in [-0.2, 0) is 33.1 Å². The standard InChI is InChI=1S/C29H24N4O7/c1-2-29(37)19-8-21-26-17(11-33(21)27(35)18(19)12-38-28(29)36)25(14-3-5-15(6-4-14)31-24(34)10-30)16-7-22-23(40-13-39-22)9-20(16)32-26/h3-9,37H,2,10-13,30H2,1H3,(H,31,34). The van der Waals surface area contributed by atoms with Crippen molar-refractivity contribution in [2.45, 2.75) is 32.1 Å². The van der Waals surface area contributed by atoms with Crippen LogP contribution in [0.3, 0.4) is 0 Å². The van der Waals surface area contributed by atoms with E-state index < -0.39 is 11.6 Å². The average molecular weight is 541 g/mol. The molecule has 2 aromatic heterocycles. The fourth-order valence-corrected chi connectivity index (χ4v) is 5.73. The van der Waals surface area contributed by atoms with Gasteiger partial charge in [-0.2, -0.15) is 0 Å². The van der Waals surface area contributed by atoms with Gasteiger partial charge in [0.25, 0.3) is 5.56 Å². The topological polar surface area (TPSA) is 155 Å². The molecular weight excluding hydrogens is 516 g/mol. The minimum Gasteiger partial charge on any atom is -0.458 e. The first-order valence-electron chi connectivity index (χ1n) is 12.9. The van der Waals surface area contributed by atoms with Gasteiger partial charge in [-0.1, -0.05) is 19.1 Å². The minimum atomic E-state index is -1.92. The number of anilines is 1. The third kappa shape index (κ3) is 3.38. The van der Waals surface area contributed by atoms with Crippen LogP contribution in [0.25, 0.3) is 33.4 Å². The number of rotatable bonds is 4. The first kappa shape index (κ1) is 24.3. The number of pyridine rings is 2. The molecule has 7 rings (SSSR count). The van der Waals surface area contributed by atoms with E-state index in [4.69, 9.17) is 24.9 Å². The number of nitrogens with zero attached hydrogens (tertiary/aromatic N) is 2. The van der Waals surface area contributed by atoms with E-state index in [1.54, 1.807) is 35.8 Å². The number of esters is 1. The van der Waals surface area contributed by atoms with Crippen molar-refractivity contribution in [2.24, 2.45) is 5.73 Å². The maximum Gasteiger partial charge on any atom is 0.343 e. The lowest BCUT2D eigenvalue weighted by Crippen LogP contribution is -2.44. The van der Waals surface area contributed by atoms with E-state index in [0.717, 1.165) is 22.1 Å². The van der Waals surface area contributed by atoms with Crippen molar-refractivity contribution in [2.75, 3.05) is 18.7 Å². The average Bonchev–Trinajstić information content (AvgIpc) is 3.57. The second kappa shape index (κ2) is 8.63. The number of carbonyl (C=O) groups excluding carboxylic acids is 2. The molecule has 0 spiro atoms. The molecule has 4 N–H and O–H groups in total. The summed E-state index contributed by atoms with van der Waals surface area (Å²) in [6, 6.07) is 12.7. The number of hydrogen-bond donors (Lipinski definition) is 3. The molecular formula is C29H24N4O7. The second-order valence-corrected chi connectivity index (χ2v) is 9.97. The van der Waals surface area contributed by atoms with Crippen LogP contribution >= 0.6 is 0 Å². The Balaban J connectivity index is 1.48. The number of aromatic nitrogens is 2. The molecule has 4 aromatic rings. The molecule has 3 aliphatic heterocycles. The van der Waals surface area contributed by atoms with Crippen LogP contribution < -0.4 is 26.1 Å². The summed E-state index contributed by atoms with van der Waals surface area (Å²) in [6.07, 6.45) is 0.0570. The molecule has 0 saturated carbocycles. The summed E-state index contributed by atoms with van der Waals surface area (Å²) >= 11 is 0. The van der Waals surface area contributed by atoms with Crippen molar-refractivity contribution in [1.29, 1.82) is 0 Å². The second-order valence-electron chi connectivity index (χ2n) is 9.97. The van der Waals surface area contributed by atoms with Crippen molar-refractivity contribution in [3.63, 3.8) is 0 Å². The van der Waals surface area contributed by atoms with Gasteiger partial charge in [-0.3, -0.25) is 9.59 Å². The van der Waals surface area contributed by atoms with E-state index in [9.17, 15) is 19.5 Å². The number of benzene rings is 2. The predicted octanol–water partition coefficient (Wildman–Crippen LogP) is 2.37. The number of aliphatic hydroxyl groups is 1. The lowest BCUT2D eigenvalue weighted by Gasteiger charge is -2.31. The number of fused-ring (bicyclic) bond motifs is 6. The number of carbonyl (C=O) groups is 2. The minimum absolute atomic E-state index is 0.0570. The molecule has 1 unspecified atom stereocenters. The summed E-state index contributed by atoms with van der Waals surface area (Å²) < 4.78 is 18.0. The molecule has 1 atom stereocenters. The van der Waals surface area contributed by atoms with Crippen LogP contribution in [-0.4, -0.2) is 39.9 Å². The molecule has 11 heteroatoms. The van der Waals surface area contributed by atoms with Crippen LogP contribution in [0.4, 0.5) is 5.69 Å². The molecule has 0 aliphatic carbocycles. The fraction of sp³-hybridized carbons (Fsp3) is 0.241. The summed E-state index contributed by atoms with van der Waals surface area (Å²) in [5, 5.41) is 14.8. The number of nitrogens with one attached hydrogen (secondary N) is 1.